The largest absolute Gasteiger partial charge is 0.336 e. The van der Waals surface area contributed by atoms with Gasteiger partial charge in [-0.15, -0.1) is 12.4 Å². The van der Waals surface area contributed by atoms with Crippen molar-refractivity contribution in [2.75, 3.05) is 0 Å². The van der Waals surface area contributed by atoms with Gasteiger partial charge in [-0.05, 0) is 31.6 Å². The summed E-state index contributed by atoms with van der Waals surface area (Å²) in [6, 6.07) is 0.191. The van der Waals surface area contributed by atoms with E-state index in [4.69, 9.17) is 5.73 Å². The number of nitrogens with zero attached hydrogens (tertiary/aromatic N) is 2. The molecule has 0 radical (unpaired) electrons. The van der Waals surface area contributed by atoms with Crippen molar-refractivity contribution < 1.29 is 8.42 Å². The molecule has 0 spiro atoms. The summed E-state index contributed by atoms with van der Waals surface area (Å²) in [6.45, 7) is 4.93. The Kier molecular flexibility index (Phi) is 6.65. The third kappa shape index (κ3) is 5.25. The second-order valence-electron chi connectivity index (χ2n) is 6.04. The molecule has 6 nitrogen and oxygen atoms in total. The van der Waals surface area contributed by atoms with Crippen LogP contribution in [0.2, 0.25) is 0 Å². The van der Waals surface area contributed by atoms with Crippen molar-refractivity contribution in [3.8, 4) is 0 Å². The van der Waals surface area contributed by atoms with Gasteiger partial charge in [-0.2, -0.15) is 0 Å². The van der Waals surface area contributed by atoms with E-state index < -0.39 is 10.0 Å². The lowest BCUT2D eigenvalue weighted by Gasteiger charge is -2.26. The quantitative estimate of drug-likeness (QED) is 0.852. The van der Waals surface area contributed by atoms with Gasteiger partial charge in [0.15, 0.2) is 5.03 Å². The zero-order valence-electron chi connectivity index (χ0n) is 12.5. The summed E-state index contributed by atoms with van der Waals surface area (Å²) >= 11 is 0. The highest BCUT2D eigenvalue weighted by molar-refractivity contribution is 7.89. The Morgan fingerprint density at radius 3 is 2.57 bits per heavy atom. The van der Waals surface area contributed by atoms with Gasteiger partial charge in [0.25, 0.3) is 10.0 Å². The minimum atomic E-state index is -3.52. The molecular weight excluding hydrogens is 312 g/mol. The van der Waals surface area contributed by atoms with Crippen LogP contribution in [0.25, 0.3) is 0 Å². The third-order valence-corrected chi connectivity index (χ3v) is 4.96. The monoisotopic (exact) mass is 336 g/mol. The van der Waals surface area contributed by atoms with Crippen molar-refractivity contribution in [3.63, 3.8) is 0 Å². The fraction of sp³-hybridized carbons (Fsp3) is 0.769. The maximum atomic E-state index is 12.3. The molecule has 122 valence electrons. The second-order valence-corrected chi connectivity index (χ2v) is 7.70. The summed E-state index contributed by atoms with van der Waals surface area (Å²) < 4.78 is 29.1. The van der Waals surface area contributed by atoms with Gasteiger partial charge >= 0.3 is 0 Å². The first-order valence-corrected chi connectivity index (χ1v) is 8.65. The average Bonchev–Trinajstić information content (AvgIpc) is 2.80. The van der Waals surface area contributed by atoms with Crippen molar-refractivity contribution in [2.45, 2.75) is 63.2 Å². The molecule has 21 heavy (non-hydrogen) atoms. The van der Waals surface area contributed by atoms with E-state index in [0.717, 1.165) is 32.2 Å². The maximum Gasteiger partial charge on any atom is 0.259 e. The number of hydrogen-bond donors (Lipinski definition) is 2. The van der Waals surface area contributed by atoms with Crippen molar-refractivity contribution in [1.29, 1.82) is 0 Å². The molecular formula is C13H25ClN4O2S. The molecule has 1 aromatic heterocycles. The Hall–Kier alpha value is -0.630. The van der Waals surface area contributed by atoms with Crippen molar-refractivity contribution in [1.82, 2.24) is 14.3 Å². The fourth-order valence-electron chi connectivity index (χ4n) is 2.52. The molecule has 0 bridgehead atoms. The minimum absolute atomic E-state index is 0. The molecule has 1 aliphatic carbocycles. The standard InChI is InChI=1S/C13H24N4O2S.ClH/c1-10(2)7-17-8-13(15-9-17)20(18,19)16-12-5-3-11(14)4-6-12;/h8-12,16H,3-7,14H2,1-2H3;1H. The summed E-state index contributed by atoms with van der Waals surface area (Å²) in [5, 5.41) is 0.105. The van der Waals surface area contributed by atoms with Crippen molar-refractivity contribution in [2.24, 2.45) is 11.7 Å². The van der Waals surface area contributed by atoms with E-state index in [1.54, 1.807) is 12.5 Å². The highest BCUT2D eigenvalue weighted by Crippen LogP contribution is 2.19. The smallest absolute Gasteiger partial charge is 0.259 e. The van der Waals surface area contributed by atoms with Crippen LogP contribution in [0.4, 0.5) is 0 Å². The van der Waals surface area contributed by atoms with E-state index >= 15 is 0 Å². The van der Waals surface area contributed by atoms with Crippen LogP contribution in [0.3, 0.4) is 0 Å². The molecule has 2 rings (SSSR count). The SMILES string of the molecule is CC(C)Cn1cnc(S(=O)(=O)NC2CCC(N)CC2)c1.Cl. The van der Waals surface area contributed by atoms with Crippen LogP contribution in [0.5, 0.6) is 0 Å². The lowest BCUT2D eigenvalue weighted by molar-refractivity contribution is 0.373. The third-order valence-electron chi connectivity index (χ3n) is 3.55. The molecule has 0 aliphatic heterocycles. The van der Waals surface area contributed by atoms with Crippen LogP contribution in [0.15, 0.2) is 17.6 Å². The highest BCUT2D eigenvalue weighted by Gasteiger charge is 2.25. The molecule has 3 N–H and O–H groups in total. The van der Waals surface area contributed by atoms with E-state index in [-0.39, 0.29) is 29.5 Å². The van der Waals surface area contributed by atoms with Gasteiger partial charge in [0, 0.05) is 24.8 Å². The van der Waals surface area contributed by atoms with Gasteiger partial charge in [0.2, 0.25) is 0 Å². The number of rotatable bonds is 5. The lowest BCUT2D eigenvalue weighted by Crippen LogP contribution is -2.40. The molecule has 0 amide bonds. The molecule has 1 aliphatic rings. The number of aromatic nitrogens is 2. The Labute approximate surface area is 133 Å². The van der Waals surface area contributed by atoms with E-state index in [2.05, 4.69) is 23.6 Å². The van der Waals surface area contributed by atoms with E-state index in [9.17, 15) is 8.42 Å². The number of halogens is 1. The van der Waals surface area contributed by atoms with Crippen molar-refractivity contribution in [3.05, 3.63) is 12.5 Å². The predicted molar refractivity (Wildman–Crippen MR) is 84.9 cm³/mol. The summed E-state index contributed by atoms with van der Waals surface area (Å²) in [7, 11) is -3.52. The van der Waals surface area contributed by atoms with Crippen LogP contribution in [0, 0.1) is 5.92 Å². The number of nitrogens with one attached hydrogen (secondary N) is 1. The molecule has 0 unspecified atom stereocenters. The number of imidazole rings is 1. The zero-order chi connectivity index (χ0) is 14.8. The van der Waals surface area contributed by atoms with Gasteiger partial charge in [-0.1, -0.05) is 13.8 Å². The topological polar surface area (TPSA) is 90.0 Å². The number of hydrogen-bond acceptors (Lipinski definition) is 4. The first kappa shape index (κ1) is 18.4. The zero-order valence-corrected chi connectivity index (χ0v) is 14.2. The predicted octanol–water partition coefficient (Wildman–Crippen LogP) is 1.51. The summed E-state index contributed by atoms with van der Waals surface area (Å²) in [6.07, 6.45) is 6.51. The van der Waals surface area contributed by atoms with Crippen LogP contribution in [-0.2, 0) is 16.6 Å². The van der Waals surface area contributed by atoms with Crippen LogP contribution >= 0.6 is 12.4 Å². The van der Waals surface area contributed by atoms with E-state index in [1.807, 2.05) is 4.57 Å². The molecule has 0 saturated heterocycles. The first-order valence-electron chi connectivity index (χ1n) is 7.16. The maximum absolute atomic E-state index is 12.3. The molecule has 1 saturated carbocycles. The Bertz CT molecular complexity index is 536. The summed E-state index contributed by atoms with van der Waals surface area (Å²) in [5.74, 6) is 0.451. The molecule has 1 aromatic rings. The lowest BCUT2D eigenvalue weighted by atomic mass is 9.93. The Morgan fingerprint density at radius 1 is 1.38 bits per heavy atom. The molecule has 1 fully saturated rings. The molecule has 1 heterocycles. The van der Waals surface area contributed by atoms with Crippen LogP contribution in [-0.4, -0.2) is 30.1 Å². The normalized spacial score (nSPS) is 23.0. The van der Waals surface area contributed by atoms with Crippen LogP contribution < -0.4 is 10.5 Å². The fourth-order valence-corrected chi connectivity index (χ4v) is 3.77. The number of nitrogens with two attached hydrogens (primary N) is 1. The Balaban J connectivity index is 0.00000220. The van der Waals surface area contributed by atoms with Crippen LogP contribution in [0.1, 0.15) is 39.5 Å². The summed E-state index contributed by atoms with van der Waals surface area (Å²) in [5.41, 5.74) is 5.83. The second kappa shape index (κ2) is 7.58. The van der Waals surface area contributed by atoms with Gasteiger partial charge in [-0.3, -0.25) is 0 Å². The van der Waals surface area contributed by atoms with E-state index in [1.165, 1.54) is 0 Å². The first-order chi connectivity index (χ1) is 9.37. The van der Waals surface area contributed by atoms with Gasteiger partial charge in [0.05, 0.1) is 6.33 Å². The Morgan fingerprint density at radius 2 is 2.00 bits per heavy atom. The average molecular weight is 337 g/mol. The molecule has 0 aromatic carbocycles. The summed E-state index contributed by atoms with van der Waals surface area (Å²) in [4.78, 5) is 4.01. The number of sulfonamides is 1. The highest BCUT2D eigenvalue weighted by atomic mass is 35.5. The van der Waals surface area contributed by atoms with Gasteiger partial charge in [-0.25, -0.2) is 18.1 Å². The van der Waals surface area contributed by atoms with Gasteiger partial charge < -0.3 is 10.3 Å². The molecule has 8 heteroatoms. The van der Waals surface area contributed by atoms with E-state index in [0.29, 0.717) is 5.92 Å². The van der Waals surface area contributed by atoms with Crippen molar-refractivity contribution >= 4 is 22.4 Å². The molecule has 0 atom stereocenters. The minimum Gasteiger partial charge on any atom is -0.336 e. The van der Waals surface area contributed by atoms with Gasteiger partial charge in [0.1, 0.15) is 0 Å².